The molecule has 0 heterocycles. The van der Waals surface area contributed by atoms with Crippen LogP contribution in [0.2, 0.25) is 5.02 Å². The summed E-state index contributed by atoms with van der Waals surface area (Å²) in [5.41, 5.74) is 2.23. The van der Waals surface area contributed by atoms with Gasteiger partial charge in [0, 0.05) is 20.7 Å². The lowest BCUT2D eigenvalue weighted by atomic mass is 10.2. The minimum absolute atomic E-state index is 0.565. The summed E-state index contributed by atoms with van der Waals surface area (Å²) < 4.78 is 7.10. The first kappa shape index (κ1) is 14.6. The highest BCUT2D eigenvalue weighted by molar-refractivity contribution is 14.1. The maximum Gasteiger partial charge on any atom is 0.124 e. The van der Waals surface area contributed by atoms with E-state index < -0.39 is 0 Å². The molecule has 0 aliphatic heterocycles. The second kappa shape index (κ2) is 7.12. The fraction of sp³-hybridized carbons (Fsp3) is 0.200. The first-order chi connectivity index (χ1) is 9.19. The molecule has 0 saturated carbocycles. The first-order valence-corrected chi connectivity index (χ1v) is 7.45. The maximum absolute atomic E-state index is 6.00. The van der Waals surface area contributed by atoms with Crippen LogP contribution in [0.5, 0.6) is 5.75 Å². The van der Waals surface area contributed by atoms with E-state index in [1.165, 1.54) is 3.57 Å². The van der Waals surface area contributed by atoms with Gasteiger partial charge in [-0.05, 0) is 65.5 Å². The molecule has 4 heteroatoms. The number of halogens is 2. The minimum Gasteiger partial charge on any atom is -0.489 e. The Bertz CT molecular complexity index is 542. The van der Waals surface area contributed by atoms with E-state index in [0.717, 1.165) is 28.4 Å². The number of nitrogens with one attached hydrogen (secondary N) is 1. The van der Waals surface area contributed by atoms with Crippen LogP contribution in [0.25, 0.3) is 0 Å². The molecule has 0 aromatic heterocycles. The Labute approximate surface area is 132 Å². The van der Waals surface area contributed by atoms with Crippen molar-refractivity contribution < 1.29 is 4.74 Å². The Morgan fingerprint density at radius 1 is 1.16 bits per heavy atom. The third kappa shape index (κ3) is 4.37. The molecule has 2 rings (SSSR count). The first-order valence-electron chi connectivity index (χ1n) is 5.99. The lowest BCUT2D eigenvalue weighted by Gasteiger charge is -2.12. The summed E-state index contributed by atoms with van der Waals surface area (Å²) in [5, 5.41) is 3.85. The Morgan fingerprint density at radius 2 is 1.89 bits per heavy atom. The monoisotopic (exact) mass is 387 g/mol. The molecule has 0 unspecified atom stereocenters. The number of hydrogen-bond acceptors (Lipinski definition) is 2. The molecule has 2 aromatic rings. The van der Waals surface area contributed by atoms with E-state index in [0.29, 0.717) is 6.61 Å². The lowest BCUT2D eigenvalue weighted by Crippen LogP contribution is -2.07. The van der Waals surface area contributed by atoms with Crippen LogP contribution in [-0.2, 0) is 13.2 Å². The summed E-state index contributed by atoms with van der Waals surface area (Å²) in [6.45, 7) is 1.30. The van der Waals surface area contributed by atoms with E-state index in [4.69, 9.17) is 16.3 Å². The van der Waals surface area contributed by atoms with Crippen molar-refractivity contribution in [2.45, 2.75) is 13.2 Å². The molecule has 1 N–H and O–H groups in total. The van der Waals surface area contributed by atoms with Crippen LogP contribution in [0.4, 0.5) is 0 Å². The third-order valence-electron chi connectivity index (χ3n) is 2.70. The lowest BCUT2D eigenvalue weighted by molar-refractivity contribution is 0.302. The predicted octanol–water partition coefficient (Wildman–Crippen LogP) is 4.24. The van der Waals surface area contributed by atoms with Gasteiger partial charge >= 0.3 is 0 Å². The van der Waals surface area contributed by atoms with Crippen LogP contribution < -0.4 is 10.1 Å². The quantitative estimate of drug-likeness (QED) is 0.775. The van der Waals surface area contributed by atoms with E-state index in [2.05, 4.69) is 52.2 Å². The molecule has 0 bridgehead atoms. The number of benzene rings is 2. The van der Waals surface area contributed by atoms with Crippen LogP contribution in [-0.4, -0.2) is 7.05 Å². The van der Waals surface area contributed by atoms with Crippen LogP contribution >= 0.6 is 34.2 Å². The van der Waals surface area contributed by atoms with Gasteiger partial charge in [0.1, 0.15) is 12.4 Å². The van der Waals surface area contributed by atoms with Crippen molar-refractivity contribution in [3.63, 3.8) is 0 Å². The molecule has 0 amide bonds. The zero-order valence-corrected chi connectivity index (χ0v) is 13.5. The molecule has 100 valence electrons. The fourth-order valence-electron chi connectivity index (χ4n) is 1.76. The van der Waals surface area contributed by atoms with Crippen molar-refractivity contribution in [1.82, 2.24) is 5.32 Å². The van der Waals surface area contributed by atoms with Gasteiger partial charge in [0.15, 0.2) is 0 Å². The van der Waals surface area contributed by atoms with Gasteiger partial charge in [0.05, 0.1) is 0 Å². The average Bonchev–Trinajstić information content (AvgIpc) is 2.40. The van der Waals surface area contributed by atoms with E-state index in [9.17, 15) is 0 Å². The van der Waals surface area contributed by atoms with Crippen LogP contribution in [0, 0.1) is 3.57 Å². The molecule has 0 spiro atoms. The SMILES string of the molecule is CNCc1cc(Cl)ccc1OCc1ccc(I)cc1. The molecule has 0 saturated heterocycles. The highest BCUT2D eigenvalue weighted by atomic mass is 127. The summed E-state index contributed by atoms with van der Waals surface area (Å²) >= 11 is 8.30. The van der Waals surface area contributed by atoms with Crippen LogP contribution in [0.15, 0.2) is 42.5 Å². The van der Waals surface area contributed by atoms with Crippen LogP contribution in [0.3, 0.4) is 0 Å². The van der Waals surface area contributed by atoms with E-state index in [1.54, 1.807) is 0 Å². The third-order valence-corrected chi connectivity index (χ3v) is 3.65. The van der Waals surface area contributed by atoms with Crippen molar-refractivity contribution in [2.75, 3.05) is 7.05 Å². The van der Waals surface area contributed by atoms with E-state index in [-0.39, 0.29) is 0 Å². The van der Waals surface area contributed by atoms with Crippen molar-refractivity contribution in [3.8, 4) is 5.75 Å². The average molecular weight is 388 g/mol. The molecular formula is C15H15ClINO. The fourth-order valence-corrected chi connectivity index (χ4v) is 2.31. The molecule has 2 aromatic carbocycles. The summed E-state index contributed by atoms with van der Waals surface area (Å²) in [6.07, 6.45) is 0. The van der Waals surface area contributed by atoms with Gasteiger partial charge in [-0.2, -0.15) is 0 Å². The molecule has 0 aliphatic rings. The second-order valence-electron chi connectivity index (χ2n) is 4.20. The minimum atomic E-state index is 0.565. The zero-order valence-electron chi connectivity index (χ0n) is 10.6. The second-order valence-corrected chi connectivity index (χ2v) is 5.88. The summed E-state index contributed by atoms with van der Waals surface area (Å²) in [6, 6.07) is 14.0. The molecule has 2 nitrogen and oxygen atoms in total. The molecule has 19 heavy (non-hydrogen) atoms. The largest absolute Gasteiger partial charge is 0.489 e. The highest BCUT2D eigenvalue weighted by Crippen LogP contribution is 2.23. The molecule has 0 aliphatic carbocycles. The Hall–Kier alpha value is -0.780. The van der Waals surface area contributed by atoms with Gasteiger partial charge in [-0.15, -0.1) is 0 Å². The highest BCUT2D eigenvalue weighted by Gasteiger charge is 2.04. The number of rotatable bonds is 5. The van der Waals surface area contributed by atoms with Crippen molar-refractivity contribution in [1.29, 1.82) is 0 Å². The number of ether oxygens (including phenoxy) is 1. The van der Waals surface area contributed by atoms with Gasteiger partial charge in [-0.1, -0.05) is 23.7 Å². The van der Waals surface area contributed by atoms with Crippen molar-refractivity contribution in [3.05, 3.63) is 62.2 Å². The summed E-state index contributed by atoms with van der Waals surface area (Å²) in [7, 11) is 1.91. The number of hydrogen-bond donors (Lipinski definition) is 1. The van der Waals surface area contributed by atoms with Gasteiger partial charge in [-0.25, -0.2) is 0 Å². The van der Waals surface area contributed by atoms with Gasteiger partial charge in [0.2, 0.25) is 0 Å². The maximum atomic E-state index is 6.00. The topological polar surface area (TPSA) is 21.3 Å². The van der Waals surface area contributed by atoms with Crippen LogP contribution in [0.1, 0.15) is 11.1 Å². The Balaban J connectivity index is 2.08. The van der Waals surface area contributed by atoms with Gasteiger partial charge in [-0.3, -0.25) is 0 Å². The molecule has 0 radical (unpaired) electrons. The smallest absolute Gasteiger partial charge is 0.124 e. The predicted molar refractivity (Wildman–Crippen MR) is 87.7 cm³/mol. The molecular weight excluding hydrogens is 373 g/mol. The van der Waals surface area contributed by atoms with E-state index >= 15 is 0 Å². The summed E-state index contributed by atoms with van der Waals surface area (Å²) in [5.74, 6) is 0.873. The van der Waals surface area contributed by atoms with Crippen molar-refractivity contribution in [2.24, 2.45) is 0 Å². The Kier molecular flexibility index (Phi) is 5.48. The van der Waals surface area contributed by atoms with Crippen molar-refractivity contribution >= 4 is 34.2 Å². The van der Waals surface area contributed by atoms with E-state index in [1.807, 2.05) is 25.2 Å². The van der Waals surface area contributed by atoms with Gasteiger partial charge in [0.25, 0.3) is 0 Å². The van der Waals surface area contributed by atoms with Gasteiger partial charge < -0.3 is 10.1 Å². The standard InChI is InChI=1S/C15H15ClINO/c1-18-9-12-8-13(16)4-7-15(12)19-10-11-2-5-14(17)6-3-11/h2-8,18H,9-10H2,1H3. The normalized spacial score (nSPS) is 10.5. The zero-order chi connectivity index (χ0) is 13.7. The Morgan fingerprint density at radius 3 is 2.58 bits per heavy atom. The molecule has 0 atom stereocenters. The molecule has 0 fully saturated rings. The summed E-state index contributed by atoms with van der Waals surface area (Å²) in [4.78, 5) is 0.